The number of anilines is 1. The SMILES string of the molecule is CCCN(CC(=O)Nc1ccccc1C)C(=O)COC(=O)c1cccc([N+](=O)[O-])c1C. The normalized spacial score (nSPS) is 10.3. The molecular formula is C22H25N3O6. The molecule has 0 aliphatic rings. The molecule has 0 bridgehead atoms. The number of nitrogens with zero attached hydrogens (tertiary/aromatic N) is 2. The molecule has 9 nitrogen and oxygen atoms in total. The van der Waals surface area contributed by atoms with E-state index in [2.05, 4.69) is 5.32 Å². The van der Waals surface area contributed by atoms with E-state index in [-0.39, 0.29) is 29.3 Å². The van der Waals surface area contributed by atoms with Crippen LogP contribution in [0.3, 0.4) is 0 Å². The van der Waals surface area contributed by atoms with Crippen LogP contribution < -0.4 is 5.32 Å². The number of esters is 1. The lowest BCUT2D eigenvalue weighted by molar-refractivity contribution is -0.385. The van der Waals surface area contributed by atoms with Crippen molar-refractivity contribution in [3.8, 4) is 0 Å². The molecule has 0 fully saturated rings. The van der Waals surface area contributed by atoms with E-state index in [0.717, 1.165) is 5.56 Å². The van der Waals surface area contributed by atoms with Crippen molar-refractivity contribution in [3.63, 3.8) is 0 Å². The highest BCUT2D eigenvalue weighted by Gasteiger charge is 2.22. The van der Waals surface area contributed by atoms with Crippen LogP contribution >= 0.6 is 0 Å². The van der Waals surface area contributed by atoms with Crippen LogP contribution in [0.15, 0.2) is 42.5 Å². The fraction of sp³-hybridized carbons (Fsp3) is 0.318. The van der Waals surface area contributed by atoms with Crippen LogP contribution in [-0.4, -0.2) is 47.3 Å². The van der Waals surface area contributed by atoms with Crippen molar-refractivity contribution in [2.75, 3.05) is 25.0 Å². The summed E-state index contributed by atoms with van der Waals surface area (Å²) in [6, 6.07) is 11.3. The third-order valence-electron chi connectivity index (χ3n) is 4.65. The summed E-state index contributed by atoms with van der Waals surface area (Å²) >= 11 is 0. The number of benzene rings is 2. The number of rotatable bonds is 9. The van der Waals surface area contributed by atoms with Gasteiger partial charge in [0.15, 0.2) is 6.61 Å². The fourth-order valence-corrected chi connectivity index (χ4v) is 2.98. The lowest BCUT2D eigenvalue weighted by Gasteiger charge is -2.21. The molecule has 0 atom stereocenters. The molecule has 164 valence electrons. The van der Waals surface area contributed by atoms with Crippen molar-refractivity contribution in [2.24, 2.45) is 0 Å². The van der Waals surface area contributed by atoms with E-state index >= 15 is 0 Å². The summed E-state index contributed by atoms with van der Waals surface area (Å²) in [6.07, 6.45) is 0.612. The number of nitro groups is 1. The van der Waals surface area contributed by atoms with Crippen LogP contribution in [0.5, 0.6) is 0 Å². The Morgan fingerprint density at radius 2 is 1.81 bits per heavy atom. The number of carbonyl (C=O) groups is 3. The van der Waals surface area contributed by atoms with E-state index in [9.17, 15) is 24.5 Å². The first-order chi connectivity index (χ1) is 14.7. The van der Waals surface area contributed by atoms with Crippen molar-refractivity contribution in [1.82, 2.24) is 4.90 Å². The number of carbonyl (C=O) groups excluding carboxylic acids is 3. The molecule has 2 aromatic carbocycles. The van der Waals surface area contributed by atoms with Gasteiger partial charge in [-0.1, -0.05) is 31.2 Å². The van der Waals surface area contributed by atoms with Crippen molar-refractivity contribution < 1.29 is 24.0 Å². The molecule has 9 heteroatoms. The monoisotopic (exact) mass is 427 g/mol. The maximum absolute atomic E-state index is 12.5. The molecule has 0 saturated heterocycles. The zero-order chi connectivity index (χ0) is 23.0. The molecule has 0 unspecified atom stereocenters. The topological polar surface area (TPSA) is 119 Å². The highest BCUT2D eigenvalue weighted by molar-refractivity contribution is 5.96. The molecule has 1 N–H and O–H groups in total. The van der Waals surface area contributed by atoms with Gasteiger partial charge in [-0.2, -0.15) is 0 Å². The van der Waals surface area contributed by atoms with Crippen molar-refractivity contribution in [3.05, 3.63) is 69.3 Å². The Balaban J connectivity index is 2.00. The number of hydrogen-bond acceptors (Lipinski definition) is 6. The van der Waals surface area contributed by atoms with Crippen LogP contribution in [0.2, 0.25) is 0 Å². The number of amides is 2. The van der Waals surface area contributed by atoms with Crippen LogP contribution in [0.25, 0.3) is 0 Å². The number of para-hydroxylation sites is 1. The first-order valence-electron chi connectivity index (χ1n) is 9.79. The molecule has 2 aromatic rings. The molecule has 31 heavy (non-hydrogen) atoms. The van der Waals surface area contributed by atoms with Gasteiger partial charge in [-0.15, -0.1) is 0 Å². The van der Waals surface area contributed by atoms with Crippen molar-refractivity contribution >= 4 is 29.2 Å². The number of aryl methyl sites for hydroxylation is 1. The van der Waals surface area contributed by atoms with Gasteiger partial charge in [0.1, 0.15) is 0 Å². The fourth-order valence-electron chi connectivity index (χ4n) is 2.98. The van der Waals surface area contributed by atoms with Gasteiger partial charge in [0.05, 0.1) is 17.0 Å². The zero-order valence-electron chi connectivity index (χ0n) is 17.7. The van der Waals surface area contributed by atoms with Gasteiger partial charge in [-0.3, -0.25) is 19.7 Å². The summed E-state index contributed by atoms with van der Waals surface area (Å²) in [5, 5.41) is 13.8. The van der Waals surface area contributed by atoms with Gasteiger partial charge >= 0.3 is 5.97 Å². The molecule has 0 saturated carbocycles. The average molecular weight is 427 g/mol. The Hall–Kier alpha value is -3.75. The summed E-state index contributed by atoms with van der Waals surface area (Å²) in [5.74, 6) is -1.73. The second-order valence-corrected chi connectivity index (χ2v) is 6.96. The van der Waals surface area contributed by atoms with E-state index < -0.39 is 23.4 Å². The van der Waals surface area contributed by atoms with Gasteiger partial charge < -0.3 is 15.0 Å². The predicted octanol–water partition coefficient (Wildman–Crippen LogP) is 3.25. The summed E-state index contributed by atoms with van der Waals surface area (Å²) in [4.78, 5) is 49.0. The summed E-state index contributed by atoms with van der Waals surface area (Å²) in [6.45, 7) is 4.72. The Bertz CT molecular complexity index is 989. The lowest BCUT2D eigenvalue weighted by Crippen LogP contribution is -2.40. The molecule has 2 rings (SSSR count). The molecule has 2 amide bonds. The molecule has 0 radical (unpaired) electrons. The van der Waals surface area contributed by atoms with Gasteiger partial charge in [-0.05, 0) is 38.0 Å². The van der Waals surface area contributed by atoms with Gasteiger partial charge in [-0.25, -0.2) is 4.79 Å². The van der Waals surface area contributed by atoms with E-state index in [0.29, 0.717) is 18.7 Å². The van der Waals surface area contributed by atoms with E-state index in [4.69, 9.17) is 4.74 Å². The minimum absolute atomic E-state index is 0.0151. The summed E-state index contributed by atoms with van der Waals surface area (Å²) < 4.78 is 5.07. The van der Waals surface area contributed by atoms with Crippen LogP contribution in [0, 0.1) is 24.0 Å². The third kappa shape index (κ3) is 6.36. The lowest BCUT2D eigenvalue weighted by atomic mass is 10.1. The van der Waals surface area contributed by atoms with Gasteiger partial charge in [0, 0.05) is 23.9 Å². The van der Waals surface area contributed by atoms with Gasteiger partial charge in [0.2, 0.25) is 5.91 Å². The minimum atomic E-state index is -0.838. The highest BCUT2D eigenvalue weighted by atomic mass is 16.6. The first kappa shape index (κ1) is 23.5. The van der Waals surface area contributed by atoms with Crippen LogP contribution in [-0.2, 0) is 14.3 Å². The Kier molecular flexibility index (Phi) is 8.25. The summed E-state index contributed by atoms with van der Waals surface area (Å²) in [7, 11) is 0. The maximum atomic E-state index is 12.5. The molecular weight excluding hydrogens is 402 g/mol. The number of hydrogen-bond donors (Lipinski definition) is 1. The van der Waals surface area contributed by atoms with Crippen molar-refractivity contribution in [2.45, 2.75) is 27.2 Å². The standard InChI is InChI=1S/C22H25N3O6/c1-4-12-24(13-20(26)23-18-10-6-5-8-15(18)2)21(27)14-31-22(28)17-9-7-11-19(16(17)3)25(29)30/h5-11H,4,12-14H2,1-3H3,(H,23,26). The van der Waals surface area contributed by atoms with E-state index in [1.165, 1.54) is 30.0 Å². The quantitative estimate of drug-likeness (QED) is 0.373. The Morgan fingerprint density at radius 3 is 2.45 bits per heavy atom. The predicted molar refractivity (Wildman–Crippen MR) is 115 cm³/mol. The van der Waals surface area contributed by atoms with Crippen molar-refractivity contribution in [1.29, 1.82) is 0 Å². The summed E-state index contributed by atoms with van der Waals surface area (Å²) in [5.41, 5.74) is 1.52. The first-order valence-corrected chi connectivity index (χ1v) is 9.79. The number of ether oxygens (including phenoxy) is 1. The van der Waals surface area contributed by atoms with E-state index in [1.54, 1.807) is 12.1 Å². The number of nitrogens with one attached hydrogen (secondary N) is 1. The zero-order valence-corrected chi connectivity index (χ0v) is 17.7. The average Bonchev–Trinajstić information content (AvgIpc) is 2.73. The molecule has 0 aliphatic heterocycles. The van der Waals surface area contributed by atoms with Crippen LogP contribution in [0.4, 0.5) is 11.4 Å². The third-order valence-corrected chi connectivity index (χ3v) is 4.65. The molecule has 0 heterocycles. The van der Waals surface area contributed by atoms with Gasteiger partial charge in [0.25, 0.3) is 11.6 Å². The molecule has 0 aromatic heterocycles. The molecule has 0 aliphatic carbocycles. The van der Waals surface area contributed by atoms with E-state index in [1.807, 2.05) is 26.0 Å². The number of nitro benzene ring substituents is 1. The highest BCUT2D eigenvalue weighted by Crippen LogP contribution is 2.21. The Morgan fingerprint density at radius 1 is 1.10 bits per heavy atom. The maximum Gasteiger partial charge on any atom is 0.339 e. The minimum Gasteiger partial charge on any atom is -0.452 e. The Labute approximate surface area is 180 Å². The largest absolute Gasteiger partial charge is 0.452 e. The smallest absolute Gasteiger partial charge is 0.339 e. The second-order valence-electron chi connectivity index (χ2n) is 6.96. The van der Waals surface area contributed by atoms with Crippen LogP contribution in [0.1, 0.15) is 34.8 Å². The second kappa shape index (κ2) is 10.9. The molecule has 0 spiro atoms.